The summed E-state index contributed by atoms with van der Waals surface area (Å²) in [6.45, 7) is 0. The molecule has 0 aromatic heterocycles. The van der Waals surface area contributed by atoms with E-state index in [0.29, 0.717) is 0 Å². The molecule has 0 atom stereocenters. The van der Waals surface area contributed by atoms with Crippen molar-refractivity contribution in [3.63, 3.8) is 0 Å². The third-order valence-corrected chi connectivity index (χ3v) is 0. The molecule has 0 saturated heterocycles. The quantitative estimate of drug-likeness (QED) is 0.341. The van der Waals surface area contributed by atoms with Gasteiger partial charge in [-0.2, -0.15) is 0 Å². The maximum Gasteiger partial charge on any atom is 0.187 e. The van der Waals surface area contributed by atoms with Gasteiger partial charge in [0.25, 0.3) is 0 Å². The zero-order valence-electron chi connectivity index (χ0n) is 0.408. The summed E-state index contributed by atoms with van der Waals surface area (Å²) in [6.07, 6.45) is 0. The Kier molecular flexibility index (Phi) is 254. The summed E-state index contributed by atoms with van der Waals surface area (Å²) in [5.74, 6) is 0. The second kappa shape index (κ2) is 22.7. The summed E-state index contributed by atoms with van der Waals surface area (Å²) in [5, 5.41) is 0. The van der Waals surface area contributed by atoms with Crippen LogP contribution in [0.3, 0.4) is 0 Å². The van der Waals surface area contributed by atoms with Crippen LogP contribution in [-0.2, 0) is 21.1 Å². The number of rotatable bonds is 0. The topological polar surface area (TPSA) is 0 Å². The van der Waals surface area contributed by atoms with Crippen LogP contribution in [0.15, 0.2) is 0 Å². The van der Waals surface area contributed by atoms with Crippen molar-refractivity contribution in [1.29, 1.82) is 0 Å². The minimum atomic E-state index is 0. The van der Waals surface area contributed by atoms with Crippen LogP contribution in [0.2, 0.25) is 0 Å². The Balaban J connectivity index is 0. The SMILES string of the molecule is [AlH3].[Mo].[SiH4].[SiH4]. The van der Waals surface area contributed by atoms with Crippen molar-refractivity contribution >= 4 is 39.3 Å². The number of hydrogen-bond donors (Lipinski definition) is 0. The minimum absolute atomic E-state index is 0. The van der Waals surface area contributed by atoms with Gasteiger partial charge < -0.3 is 0 Å². The van der Waals surface area contributed by atoms with Crippen LogP contribution in [0, 0.1) is 0 Å². The van der Waals surface area contributed by atoms with Gasteiger partial charge >= 0.3 is 0 Å². The van der Waals surface area contributed by atoms with E-state index in [9.17, 15) is 0 Å². The largest absolute Gasteiger partial charge is 0.187 e. The van der Waals surface area contributed by atoms with Gasteiger partial charge in [0, 0.05) is 21.1 Å². The molecule has 0 nitrogen and oxygen atoms in total. The van der Waals surface area contributed by atoms with Crippen LogP contribution in [0.4, 0.5) is 0 Å². The van der Waals surface area contributed by atoms with Crippen molar-refractivity contribution in [2.75, 3.05) is 0 Å². The molecule has 0 heterocycles. The van der Waals surface area contributed by atoms with Crippen molar-refractivity contribution in [1.82, 2.24) is 0 Å². The molecule has 0 unspecified atom stereocenters. The van der Waals surface area contributed by atoms with Crippen molar-refractivity contribution in [3.8, 4) is 0 Å². The molecule has 0 bridgehead atoms. The monoisotopic (exact) mass is 192 g/mol. The first-order chi connectivity index (χ1) is 0. The molecule has 0 spiro atoms. The van der Waals surface area contributed by atoms with E-state index in [1.54, 1.807) is 0 Å². The number of hydrogen-bond acceptors (Lipinski definition) is 0. The third-order valence-electron chi connectivity index (χ3n) is 0. The molecule has 28 valence electrons. The van der Waals surface area contributed by atoms with E-state index in [-0.39, 0.29) is 60.4 Å². The molecule has 0 saturated carbocycles. The van der Waals surface area contributed by atoms with Crippen molar-refractivity contribution in [3.05, 3.63) is 0 Å². The second-order valence-electron chi connectivity index (χ2n) is 0. The van der Waals surface area contributed by atoms with Crippen LogP contribution in [0.1, 0.15) is 0 Å². The first-order valence-electron chi connectivity index (χ1n) is 0. The van der Waals surface area contributed by atoms with E-state index in [1.807, 2.05) is 0 Å². The van der Waals surface area contributed by atoms with Crippen molar-refractivity contribution in [2.24, 2.45) is 0 Å². The molecule has 0 aliphatic carbocycles. The molecule has 0 fully saturated rings. The zero-order chi connectivity index (χ0) is 0. The first-order valence-corrected chi connectivity index (χ1v) is 0. The van der Waals surface area contributed by atoms with E-state index in [0.717, 1.165) is 0 Å². The van der Waals surface area contributed by atoms with Gasteiger partial charge in [-0.3, -0.25) is 0 Å². The van der Waals surface area contributed by atoms with Gasteiger partial charge in [0.1, 0.15) is 0 Å². The van der Waals surface area contributed by atoms with E-state index < -0.39 is 0 Å². The molecule has 0 aromatic carbocycles. The fraction of sp³-hybridized carbons (Fsp3) is 0. The van der Waals surface area contributed by atoms with E-state index in [2.05, 4.69) is 0 Å². The van der Waals surface area contributed by atoms with Crippen LogP contribution < -0.4 is 0 Å². The molecule has 4 heteroatoms. The maximum absolute atomic E-state index is 0. The standard InChI is InChI=1S/Al.Mo.2H4Si.3H/h;;2*1H4;;;. The molecule has 0 radical (unpaired) electrons. The Hall–Kier alpha value is 1.65. The van der Waals surface area contributed by atoms with Gasteiger partial charge in [0.15, 0.2) is 17.4 Å². The van der Waals surface area contributed by atoms with Gasteiger partial charge in [0.05, 0.1) is 0 Å². The molecule has 4 heavy (non-hydrogen) atoms. The van der Waals surface area contributed by atoms with Gasteiger partial charge in [-0.05, 0) is 21.9 Å². The second-order valence-corrected chi connectivity index (χ2v) is 0. The summed E-state index contributed by atoms with van der Waals surface area (Å²) < 4.78 is 0. The van der Waals surface area contributed by atoms with Gasteiger partial charge in [0.2, 0.25) is 0 Å². The molecular weight excluding hydrogens is 179 g/mol. The fourth-order valence-corrected chi connectivity index (χ4v) is 0. The van der Waals surface area contributed by atoms with Crippen molar-refractivity contribution in [2.45, 2.75) is 0 Å². The zero-order valence-corrected chi connectivity index (χ0v) is 2.42. The summed E-state index contributed by atoms with van der Waals surface area (Å²) in [5.41, 5.74) is 0. The van der Waals surface area contributed by atoms with Gasteiger partial charge in [-0.25, -0.2) is 0 Å². The smallest absolute Gasteiger partial charge is 0.0149 e. The molecule has 0 aliphatic rings. The predicted octanol–water partition coefficient (Wildman–Crippen LogP) is -4.09. The molecule has 0 rings (SSSR count). The summed E-state index contributed by atoms with van der Waals surface area (Å²) in [4.78, 5) is 0. The predicted molar refractivity (Wildman–Crippen MR) is 32.6 cm³/mol. The Morgan fingerprint density at radius 1 is 0.750 bits per heavy atom. The molecule has 0 aliphatic heterocycles. The normalized spacial score (nSPS) is 0. The van der Waals surface area contributed by atoms with E-state index >= 15 is 0 Å². The van der Waals surface area contributed by atoms with Crippen LogP contribution in [0.25, 0.3) is 0 Å². The Morgan fingerprint density at radius 2 is 0.750 bits per heavy atom. The summed E-state index contributed by atoms with van der Waals surface area (Å²) in [6, 6.07) is 0. The van der Waals surface area contributed by atoms with Crippen LogP contribution in [-0.4, -0.2) is 39.3 Å². The van der Waals surface area contributed by atoms with Gasteiger partial charge in [-0.15, -0.1) is 0 Å². The third kappa shape index (κ3) is 9.41. The average molecular weight is 190 g/mol. The Labute approximate surface area is 60.2 Å². The molecule has 0 aromatic rings. The van der Waals surface area contributed by atoms with Crippen LogP contribution >= 0.6 is 0 Å². The van der Waals surface area contributed by atoms with Crippen molar-refractivity contribution < 1.29 is 21.1 Å². The summed E-state index contributed by atoms with van der Waals surface area (Å²) in [7, 11) is 0. The average Bonchev–Trinajstić information content (AvgIpc) is 0. The maximum atomic E-state index is 0. The Morgan fingerprint density at radius 3 is 0.750 bits per heavy atom. The fourth-order valence-electron chi connectivity index (χ4n) is 0. The summed E-state index contributed by atoms with van der Waals surface area (Å²) >= 11 is 0. The van der Waals surface area contributed by atoms with E-state index in [1.165, 1.54) is 0 Å². The molecule has 0 amide bonds. The molecular formula is H11AlMoSi2. The van der Waals surface area contributed by atoms with Crippen LogP contribution in [0.5, 0.6) is 0 Å². The van der Waals surface area contributed by atoms with Gasteiger partial charge in [-0.1, -0.05) is 0 Å². The molecule has 0 N–H and O–H groups in total. The first kappa shape index (κ1) is 44.8. The van der Waals surface area contributed by atoms with E-state index in [4.69, 9.17) is 0 Å². The Bertz CT molecular complexity index is 6.00. The minimum Gasteiger partial charge on any atom is -0.0149 e.